The second kappa shape index (κ2) is 6.19. The van der Waals surface area contributed by atoms with Gasteiger partial charge < -0.3 is 9.47 Å². The highest BCUT2D eigenvalue weighted by Gasteiger charge is 2.13. The third kappa shape index (κ3) is 4.13. The molecule has 15 heavy (non-hydrogen) atoms. The van der Waals surface area contributed by atoms with Gasteiger partial charge in [0.25, 0.3) is 0 Å². The Hall–Kier alpha value is -1.35. The van der Waals surface area contributed by atoms with Gasteiger partial charge in [-0.1, -0.05) is 30.3 Å². The van der Waals surface area contributed by atoms with Gasteiger partial charge in [0, 0.05) is 0 Å². The Balaban J connectivity index is 2.34. The molecule has 0 radical (unpaired) electrons. The van der Waals surface area contributed by atoms with E-state index in [0.717, 1.165) is 5.56 Å². The molecule has 0 fully saturated rings. The first-order valence-electron chi connectivity index (χ1n) is 5.06. The normalized spacial score (nSPS) is 12.1. The summed E-state index contributed by atoms with van der Waals surface area (Å²) in [7, 11) is 0. The highest BCUT2D eigenvalue weighted by molar-refractivity contribution is 5.74. The van der Waals surface area contributed by atoms with Gasteiger partial charge in [0.05, 0.1) is 13.2 Å². The van der Waals surface area contributed by atoms with Gasteiger partial charge in [-0.3, -0.25) is 0 Å². The van der Waals surface area contributed by atoms with Crippen LogP contribution in [0.5, 0.6) is 0 Å². The average Bonchev–Trinajstić information content (AvgIpc) is 2.27. The zero-order valence-electron chi connectivity index (χ0n) is 9.10. The molecule has 1 rings (SSSR count). The van der Waals surface area contributed by atoms with Crippen molar-refractivity contribution in [3.8, 4) is 0 Å². The molecule has 0 aliphatic rings. The molecule has 0 saturated heterocycles. The monoisotopic (exact) mass is 208 g/mol. The molecule has 0 spiro atoms. The van der Waals surface area contributed by atoms with Gasteiger partial charge in [-0.25, -0.2) is 4.79 Å². The molecule has 0 bridgehead atoms. The van der Waals surface area contributed by atoms with E-state index in [2.05, 4.69) is 0 Å². The lowest BCUT2D eigenvalue weighted by atomic mass is 10.2. The maximum absolute atomic E-state index is 11.2. The molecule has 1 atom stereocenters. The standard InChI is InChI=1S/C12H16O3/c1-3-14-12(13)10(2)15-9-11-7-5-4-6-8-11/h4-8,10H,3,9H2,1-2H3. The molecule has 0 saturated carbocycles. The fourth-order valence-corrected chi connectivity index (χ4v) is 1.12. The number of carbonyl (C=O) groups excluding carboxylic acids is 1. The summed E-state index contributed by atoms with van der Waals surface area (Å²) in [5.74, 6) is -0.312. The molecule has 3 nitrogen and oxygen atoms in total. The smallest absolute Gasteiger partial charge is 0.334 e. The molecule has 0 heterocycles. The largest absolute Gasteiger partial charge is 0.464 e. The summed E-state index contributed by atoms with van der Waals surface area (Å²) in [5, 5.41) is 0. The van der Waals surface area contributed by atoms with E-state index < -0.39 is 6.10 Å². The summed E-state index contributed by atoms with van der Waals surface area (Å²) in [6, 6.07) is 9.73. The molecule has 1 aromatic carbocycles. The number of hydrogen-bond donors (Lipinski definition) is 0. The topological polar surface area (TPSA) is 35.5 Å². The number of rotatable bonds is 5. The lowest BCUT2D eigenvalue weighted by Gasteiger charge is -2.11. The van der Waals surface area contributed by atoms with Crippen LogP contribution in [0.1, 0.15) is 19.4 Å². The van der Waals surface area contributed by atoms with E-state index in [-0.39, 0.29) is 5.97 Å². The van der Waals surface area contributed by atoms with Crippen LogP contribution in [0.3, 0.4) is 0 Å². The summed E-state index contributed by atoms with van der Waals surface area (Å²) in [6.45, 7) is 4.29. The van der Waals surface area contributed by atoms with Crippen molar-refractivity contribution in [2.24, 2.45) is 0 Å². The SMILES string of the molecule is CCOC(=O)C(C)OCc1ccccc1. The van der Waals surface area contributed by atoms with Crippen molar-refractivity contribution < 1.29 is 14.3 Å². The summed E-state index contributed by atoms with van der Waals surface area (Å²) in [6.07, 6.45) is -0.509. The first-order valence-corrected chi connectivity index (χ1v) is 5.06. The lowest BCUT2D eigenvalue weighted by Crippen LogP contribution is -2.23. The van der Waals surface area contributed by atoms with Crippen LogP contribution >= 0.6 is 0 Å². The average molecular weight is 208 g/mol. The lowest BCUT2D eigenvalue weighted by molar-refractivity contribution is -0.156. The number of esters is 1. The predicted molar refractivity (Wildman–Crippen MR) is 57.3 cm³/mol. The van der Waals surface area contributed by atoms with Crippen LogP contribution < -0.4 is 0 Å². The zero-order chi connectivity index (χ0) is 11.1. The summed E-state index contributed by atoms with van der Waals surface area (Å²) in [4.78, 5) is 11.2. The van der Waals surface area contributed by atoms with Crippen LogP contribution in [0.4, 0.5) is 0 Å². The highest BCUT2D eigenvalue weighted by Crippen LogP contribution is 2.04. The van der Waals surface area contributed by atoms with Crippen molar-refractivity contribution in [1.82, 2.24) is 0 Å². The van der Waals surface area contributed by atoms with Crippen molar-refractivity contribution in [2.75, 3.05) is 6.61 Å². The van der Waals surface area contributed by atoms with E-state index in [4.69, 9.17) is 9.47 Å². The molecular formula is C12H16O3. The van der Waals surface area contributed by atoms with E-state index >= 15 is 0 Å². The Morgan fingerprint density at radius 1 is 1.33 bits per heavy atom. The van der Waals surface area contributed by atoms with Crippen molar-refractivity contribution in [3.05, 3.63) is 35.9 Å². The number of carbonyl (C=O) groups is 1. The Morgan fingerprint density at radius 3 is 2.60 bits per heavy atom. The molecule has 1 unspecified atom stereocenters. The van der Waals surface area contributed by atoms with Crippen LogP contribution in [0, 0.1) is 0 Å². The first-order chi connectivity index (χ1) is 7.24. The van der Waals surface area contributed by atoms with Crippen molar-refractivity contribution in [1.29, 1.82) is 0 Å². The molecule has 0 amide bonds. The predicted octanol–water partition coefficient (Wildman–Crippen LogP) is 2.15. The van der Waals surface area contributed by atoms with Crippen molar-refractivity contribution in [2.45, 2.75) is 26.6 Å². The molecule has 3 heteroatoms. The van der Waals surface area contributed by atoms with E-state index in [1.807, 2.05) is 30.3 Å². The van der Waals surface area contributed by atoms with Gasteiger partial charge in [0.1, 0.15) is 0 Å². The second-order valence-electron chi connectivity index (χ2n) is 3.19. The van der Waals surface area contributed by atoms with Crippen LogP contribution in [0.25, 0.3) is 0 Å². The molecule has 0 N–H and O–H groups in total. The Morgan fingerprint density at radius 2 is 2.00 bits per heavy atom. The third-order valence-electron chi connectivity index (χ3n) is 1.96. The summed E-state index contributed by atoms with van der Waals surface area (Å²) < 4.78 is 10.2. The van der Waals surface area contributed by atoms with Crippen molar-refractivity contribution >= 4 is 5.97 Å². The number of hydrogen-bond acceptors (Lipinski definition) is 3. The van der Waals surface area contributed by atoms with Crippen molar-refractivity contribution in [3.63, 3.8) is 0 Å². The Bertz CT molecular complexity index is 295. The second-order valence-corrected chi connectivity index (χ2v) is 3.19. The highest BCUT2D eigenvalue weighted by atomic mass is 16.6. The van der Waals surface area contributed by atoms with Crippen LogP contribution in [0.15, 0.2) is 30.3 Å². The van der Waals surface area contributed by atoms with Gasteiger partial charge >= 0.3 is 5.97 Å². The summed E-state index contributed by atoms with van der Waals surface area (Å²) in [5.41, 5.74) is 1.05. The third-order valence-corrected chi connectivity index (χ3v) is 1.96. The van der Waals surface area contributed by atoms with E-state index in [9.17, 15) is 4.79 Å². The first kappa shape index (κ1) is 11.7. The van der Waals surface area contributed by atoms with Gasteiger partial charge in [-0.05, 0) is 19.4 Å². The minimum Gasteiger partial charge on any atom is -0.464 e. The number of benzene rings is 1. The molecule has 82 valence electrons. The molecular weight excluding hydrogens is 192 g/mol. The maximum atomic E-state index is 11.2. The van der Waals surface area contributed by atoms with Crippen LogP contribution in [-0.4, -0.2) is 18.7 Å². The molecule has 0 aliphatic heterocycles. The Kier molecular flexibility index (Phi) is 4.84. The minimum atomic E-state index is -0.509. The van der Waals surface area contributed by atoms with Gasteiger partial charge in [-0.15, -0.1) is 0 Å². The fraction of sp³-hybridized carbons (Fsp3) is 0.417. The molecule has 0 aliphatic carbocycles. The summed E-state index contributed by atoms with van der Waals surface area (Å²) >= 11 is 0. The van der Waals surface area contributed by atoms with Crippen LogP contribution in [-0.2, 0) is 20.9 Å². The van der Waals surface area contributed by atoms with E-state index in [1.54, 1.807) is 13.8 Å². The molecule has 0 aromatic heterocycles. The zero-order valence-corrected chi connectivity index (χ0v) is 9.10. The minimum absolute atomic E-state index is 0.312. The van der Waals surface area contributed by atoms with E-state index in [0.29, 0.717) is 13.2 Å². The molecule has 1 aromatic rings. The van der Waals surface area contributed by atoms with Gasteiger partial charge in [0.15, 0.2) is 6.10 Å². The Labute approximate surface area is 90.0 Å². The van der Waals surface area contributed by atoms with E-state index in [1.165, 1.54) is 0 Å². The maximum Gasteiger partial charge on any atom is 0.334 e. The quantitative estimate of drug-likeness (QED) is 0.695. The number of ether oxygens (including phenoxy) is 2. The van der Waals surface area contributed by atoms with Gasteiger partial charge in [-0.2, -0.15) is 0 Å². The van der Waals surface area contributed by atoms with Gasteiger partial charge in [0.2, 0.25) is 0 Å². The van der Waals surface area contributed by atoms with Crippen LogP contribution in [0.2, 0.25) is 0 Å². The fourth-order valence-electron chi connectivity index (χ4n) is 1.12.